The fraction of sp³-hybridized carbons (Fsp3) is 0.346. The zero-order valence-corrected chi connectivity index (χ0v) is 20.0. The largest absolute Gasteiger partial charge is 0.497 e. The molecular weight excluding hydrogens is 468 g/mol. The Morgan fingerprint density at radius 3 is 2.35 bits per heavy atom. The number of para-hydroxylation sites is 1. The fourth-order valence-electron chi connectivity index (χ4n) is 7.03. The number of fused-ring (bicyclic) bond motifs is 9. The molecule has 2 aliphatic heterocycles. The Balaban J connectivity index is 1.33. The summed E-state index contributed by atoms with van der Waals surface area (Å²) in [6, 6.07) is 17.4. The number of thioether (sulfide) groups is 1. The van der Waals surface area contributed by atoms with Crippen LogP contribution >= 0.6 is 23.1 Å². The Bertz CT molecular complexity index is 1370. The van der Waals surface area contributed by atoms with Gasteiger partial charge in [-0.3, -0.25) is 19.3 Å². The van der Waals surface area contributed by atoms with Gasteiger partial charge in [0.2, 0.25) is 11.8 Å². The van der Waals surface area contributed by atoms with Gasteiger partial charge in [-0.05, 0) is 54.0 Å². The van der Waals surface area contributed by atoms with Gasteiger partial charge in [-0.25, -0.2) is 0 Å². The number of thiazole rings is 1. The van der Waals surface area contributed by atoms with Crippen LogP contribution in [0.5, 0.6) is 5.75 Å². The Labute approximate surface area is 204 Å². The number of carbonyl (C=O) groups excluding carboxylic acids is 2. The van der Waals surface area contributed by atoms with E-state index in [1.54, 1.807) is 18.9 Å². The molecule has 6 nitrogen and oxygen atoms in total. The number of benzene rings is 2. The second-order valence-corrected chi connectivity index (χ2v) is 11.8. The Kier molecular flexibility index (Phi) is 4.42. The maximum atomic E-state index is 13.7. The first-order chi connectivity index (χ1) is 16.6. The van der Waals surface area contributed by atoms with Gasteiger partial charge in [-0.15, -0.1) is 11.8 Å². The minimum absolute atomic E-state index is 0.0285. The lowest BCUT2D eigenvalue weighted by Gasteiger charge is -2.43. The highest BCUT2D eigenvalue weighted by Gasteiger charge is 2.69. The number of H-pyrrole nitrogens is 1. The zero-order valence-electron chi connectivity index (χ0n) is 18.3. The molecule has 0 radical (unpaired) electrons. The second kappa shape index (κ2) is 7.33. The van der Waals surface area contributed by atoms with E-state index in [1.807, 2.05) is 42.5 Å². The molecule has 1 saturated heterocycles. The van der Waals surface area contributed by atoms with Crippen molar-refractivity contribution in [3.8, 4) is 5.75 Å². The number of nitrogens with zero attached hydrogens (tertiary/aromatic N) is 1. The van der Waals surface area contributed by atoms with Crippen LogP contribution in [-0.2, 0) is 9.59 Å². The van der Waals surface area contributed by atoms with E-state index >= 15 is 0 Å². The quantitative estimate of drug-likeness (QED) is 0.559. The average molecular weight is 491 g/mol. The molecule has 2 amide bonds. The van der Waals surface area contributed by atoms with Gasteiger partial charge < -0.3 is 9.72 Å². The van der Waals surface area contributed by atoms with Crippen molar-refractivity contribution in [3.63, 3.8) is 0 Å². The predicted molar refractivity (Wildman–Crippen MR) is 130 cm³/mol. The third kappa shape index (κ3) is 2.66. The van der Waals surface area contributed by atoms with Gasteiger partial charge >= 0.3 is 4.87 Å². The molecule has 34 heavy (non-hydrogen) atoms. The molecule has 2 aliphatic carbocycles. The van der Waals surface area contributed by atoms with Gasteiger partial charge in [-0.2, -0.15) is 0 Å². The molecule has 2 bridgehead atoms. The van der Waals surface area contributed by atoms with Crippen molar-refractivity contribution < 1.29 is 14.3 Å². The van der Waals surface area contributed by atoms with Crippen LogP contribution in [0.3, 0.4) is 0 Å². The van der Waals surface area contributed by atoms with Gasteiger partial charge in [0.25, 0.3) is 0 Å². The Morgan fingerprint density at radius 1 is 0.941 bits per heavy atom. The Morgan fingerprint density at radius 2 is 1.65 bits per heavy atom. The zero-order chi connectivity index (χ0) is 23.1. The number of amides is 2. The molecule has 0 spiro atoms. The van der Waals surface area contributed by atoms with E-state index in [-0.39, 0.29) is 57.4 Å². The van der Waals surface area contributed by atoms with Gasteiger partial charge in [0.05, 0.1) is 29.7 Å². The molecule has 172 valence electrons. The number of rotatable bonds is 3. The smallest absolute Gasteiger partial charge is 0.305 e. The topological polar surface area (TPSA) is 79.5 Å². The monoisotopic (exact) mass is 490 g/mol. The van der Waals surface area contributed by atoms with Crippen LogP contribution in [0.4, 0.5) is 5.69 Å². The molecule has 3 aromatic rings. The minimum atomic E-state index is -0.280. The number of aromatic nitrogens is 1. The minimum Gasteiger partial charge on any atom is -0.497 e. The maximum absolute atomic E-state index is 13.7. The van der Waals surface area contributed by atoms with E-state index < -0.39 is 0 Å². The number of imide groups is 1. The van der Waals surface area contributed by atoms with Crippen molar-refractivity contribution in [3.05, 3.63) is 74.7 Å². The van der Waals surface area contributed by atoms with Gasteiger partial charge in [0, 0.05) is 16.0 Å². The number of methoxy groups -OCH3 is 1. The third-order valence-corrected chi connectivity index (χ3v) is 10.8. The number of carbonyl (C=O) groups is 2. The second-order valence-electron chi connectivity index (χ2n) is 9.58. The van der Waals surface area contributed by atoms with E-state index in [0.29, 0.717) is 5.69 Å². The molecular formula is C26H22N2O4S2. The molecule has 7 rings (SSSR count). The molecule has 1 aromatic heterocycles. The summed E-state index contributed by atoms with van der Waals surface area (Å²) >= 11 is 2.99. The van der Waals surface area contributed by atoms with E-state index in [1.165, 1.54) is 16.2 Å². The third-order valence-electron chi connectivity index (χ3n) is 8.21. The van der Waals surface area contributed by atoms with Crippen molar-refractivity contribution >= 4 is 40.6 Å². The number of nitrogens with one attached hydrogen (secondary N) is 1. The first kappa shape index (κ1) is 20.5. The van der Waals surface area contributed by atoms with Crippen molar-refractivity contribution in [2.24, 2.45) is 29.6 Å². The highest BCUT2D eigenvalue weighted by molar-refractivity contribution is 8.00. The molecule has 0 unspecified atom stereocenters. The number of hydrogen-bond donors (Lipinski definition) is 1. The van der Waals surface area contributed by atoms with Crippen molar-refractivity contribution in [2.45, 2.75) is 22.6 Å². The van der Waals surface area contributed by atoms with Gasteiger partial charge in [-0.1, -0.05) is 41.7 Å². The van der Waals surface area contributed by atoms with Crippen LogP contribution in [0, 0.1) is 29.6 Å². The average Bonchev–Trinajstić information content (AvgIpc) is 3.58. The van der Waals surface area contributed by atoms with E-state index in [4.69, 9.17) is 4.74 Å². The predicted octanol–water partition coefficient (Wildman–Crippen LogP) is 4.12. The molecule has 2 saturated carbocycles. The number of anilines is 1. The van der Waals surface area contributed by atoms with Crippen LogP contribution < -0.4 is 14.5 Å². The fourth-order valence-corrected chi connectivity index (χ4v) is 9.92. The lowest BCUT2D eigenvalue weighted by atomic mass is 9.68. The van der Waals surface area contributed by atoms with Crippen molar-refractivity contribution in [1.29, 1.82) is 0 Å². The lowest BCUT2D eigenvalue weighted by Crippen LogP contribution is -2.42. The van der Waals surface area contributed by atoms with Gasteiger partial charge in [0.15, 0.2) is 0 Å². The summed E-state index contributed by atoms with van der Waals surface area (Å²) in [5.41, 5.74) is 1.80. The maximum Gasteiger partial charge on any atom is 0.305 e. The lowest BCUT2D eigenvalue weighted by molar-refractivity contribution is -0.123. The van der Waals surface area contributed by atoms with E-state index in [2.05, 4.69) is 17.1 Å². The summed E-state index contributed by atoms with van der Waals surface area (Å²) in [6.07, 6.45) is 0.892. The summed E-state index contributed by atoms with van der Waals surface area (Å²) in [6.45, 7) is 0. The summed E-state index contributed by atoms with van der Waals surface area (Å²) in [7, 11) is 1.65. The Hall–Kier alpha value is -2.84. The standard InChI is InChI=1S/C26H22N2O4S2/c1-32-14-9-7-12(8-10-14)17-18-15-11-16(21(18)33-23-22(17)34-26(31)27-23)20-19(15)24(29)28(25(20)30)13-5-3-2-4-6-13/h2-10,15-21H,11H2,1H3,(H,27,31)/t15-,16-,17-,18-,19-,20+,21-/m1/s1. The molecule has 3 fully saturated rings. The highest BCUT2D eigenvalue weighted by atomic mass is 32.2. The molecule has 4 aliphatic rings. The normalized spacial score (nSPS) is 33.1. The summed E-state index contributed by atoms with van der Waals surface area (Å²) in [5, 5.41) is 1.13. The van der Waals surface area contributed by atoms with Crippen LogP contribution in [0.2, 0.25) is 0 Å². The van der Waals surface area contributed by atoms with E-state index in [0.717, 1.165) is 27.6 Å². The van der Waals surface area contributed by atoms with Gasteiger partial charge in [0.1, 0.15) is 5.75 Å². The molecule has 2 aromatic carbocycles. The van der Waals surface area contributed by atoms with Crippen molar-refractivity contribution in [1.82, 2.24) is 4.98 Å². The number of hydrogen-bond acceptors (Lipinski definition) is 6. The summed E-state index contributed by atoms with van der Waals surface area (Å²) in [4.78, 5) is 45.1. The summed E-state index contributed by atoms with van der Waals surface area (Å²) < 4.78 is 5.36. The van der Waals surface area contributed by atoms with Crippen LogP contribution in [-0.4, -0.2) is 29.2 Å². The first-order valence-electron chi connectivity index (χ1n) is 11.5. The van der Waals surface area contributed by atoms with Crippen molar-refractivity contribution in [2.75, 3.05) is 12.0 Å². The number of ether oxygens (including phenoxy) is 1. The first-order valence-corrected chi connectivity index (χ1v) is 13.2. The SMILES string of the molecule is COc1ccc([C@H]2c3sc(=O)[nH]c3S[C@@H]3[C@@H]4C[C@@H]([C@H]5C(=O)N(c6ccccc6)C(=O)[C@@H]45)[C@H]23)cc1. The highest BCUT2D eigenvalue weighted by Crippen LogP contribution is 2.68. The molecule has 7 atom stereocenters. The van der Waals surface area contributed by atoms with Crippen LogP contribution in [0.15, 0.2) is 64.4 Å². The molecule has 3 heterocycles. The van der Waals surface area contributed by atoms with Crippen LogP contribution in [0.1, 0.15) is 22.8 Å². The number of aromatic amines is 1. The van der Waals surface area contributed by atoms with E-state index in [9.17, 15) is 14.4 Å². The summed E-state index contributed by atoms with van der Waals surface area (Å²) in [5.74, 6) is 0.611. The molecule has 8 heteroatoms. The van der Waals surface area contributed by atoms with Crippen LogP contribution in [0.25, 0.3) is 0 Å². The molecule has 1 N–H and O–H groups in total.